The summed E-state index contributed by atoms with van der Waals surface area (Å²) in [6.07, 6.45) is 8.22. The van der Waals surface area contributed by atoms with E-state index in [-0.39, 0.29) is 17.7 Å². The lowest BCUT2D eigenvalue weighted by Crippen LogP contribution is -2.48. The van der Waals surface area contributed by atoms with Crippen LogP contribution in [0.2, 0.25) is 0 Å². The number of rotatable bonds is 6. The Morgan fingerprint density at radius 2 is 1.55 bits per heavy atom. The number of benzene rings is 1. The van der Waals surface area contributed by atoms with Gasteiger partial charge in [0.15, 0.2) is 0 Å². The Kier molecular flexibility index (Phi) is 5.75. The van der Waals surface area contributed by atoms with Crippen LogP contribution >= 0.6 is 0 Å². The molecule has 1 heterocycles. The summed E-state index contributed by atoms with van der Waals surface area (Å²) in [6, 6.07) is 13.1. The van der Waals surface area contributed by atoms with Crippen molar-refractivity contribution in [2.24, 2.45) is 23.7 Å². The van der Waals surface area contributed by atoms with Gasteiger partial charge in [0, 0.05) is 11.3 Å². The number of nitrogens with zero attached hydrogens (tertiary/aromatic N) is 1. The van der Waals surface area contributed by atoms with E-state index in [0.717, 1.165) is 23.4 Å². The largest absolute Gasteiger partial charge is 0.340 e. The highest BCUT2D eigenvalue weighted by atomic mass is 16.2. The first-order valence-corrected chi connectivity index (χ1v) is 12.5. The van der Waals surface area contributed by atoms with E-state index in [1.54, 1.807) is 6.07 Å². The van der Waals surface area contributed by atoms with Crippen molar-refractivity contribution in [2.75, 3.05) is 5.32 Å². The van der Waals surface area contributed by atoms with Crippen LogP contribution in [0.25, 0.3) is 0 Å². The zero-order valence-corrected chi connectivity index (χ0v) is 19.9. The number of carbonyl (C=O) groups excluding carboxylic acids is 2. The van der Waals surface area contributed by atoms with Crippen LogP contribution in [0.3, 0.4) is 0 Å². The Morgan fingerprint density at radius 3 is 2.09 bits per heavy atom. The fraction of sp³-hybridized carbons (Fsp3) is 0.536. The highest BCUT2D eigenvalue weighted by Gasteiger charge is 2.51. The molecule has 2 aromatic rings. The number of aromatic nitrogens is 1. The molecule has 4 bridgehead atoms. The molecule has 2 N–H and O–H groups in total. The number of amides is 2. The van der Waals surface area contributed by atoms with Gasteiger partial charge in [-0.2, -0.15) is 0 Å². The van der Waals surface area contributed by atoms with Gasteiger partial charge in [0.05, 0.1) is 0 Å². The van der Waals surface area contributed by atoms with Crippen LogP contribution in [0.15, 0.2) is 42.5 Å². The molecule has 0 spiro atoms. The minimum Gasteiger partial charge on any atom is -0.340 e. The van der Waals surface area contributed by atoms with Crippen LogP contribution in [0.4, 0.5) is 5.82 Å². The quantitative estimate of drug-likeness (QED) is 0.638. The summed E-state index contributed by atoms with van der Waals surface area (Å²) < 4.78 is 0. The highest BCUT2D eigenvalue weighted by Crippen LogP contribution is 2.60. The van der Waals surface area contributed by atoms with E-state index in [1.165, 1.54) is 44.1 Å². The lowest BCUT2D eigenvalue weighted by molar-refractivity contribution is -0.118. The van der Waals surface area contributed by atoms with Crippen LogP contribution in [-0.2, 0) is 10.2 Å². The molecule has 33 heavy (non-hydrogen) atoms. The van der Waals surface area contributed by atoms with Crippen molar-refractivity contribution in [3.8, 4) is 0 Å². The van der Waals surface area contributed by atoms with Gasteiger partial charge >= 0.3 is 0 Å². The first kappa shape index (κ1) is 22.1. The summed E-state index contributed by atoms with van der Waals surface area (Å²) in [5, 5.41) is 5.78. The number of anilines is 1. The molecular weight excluding hydrogens is 410 g/mol. The fourth-order valence-electron chi connectivity index (χ4n) is 7.02. The minimum absolute atomic E-state index is 0.0509. The second-order valence-electron chi connectivity index (χ2n) is 11.1. The van der Waals surface area contributed by atoms with Gasteiger partial charge in [-0.25, -0.2) is 4.98 Å². The predicted molar refractivity (Wildman–Crippen MR) is 130 cm³/mol. The zero-order chi connectivity index (χ0) is 23.2. The molecule has 4 aliphatic rings. The maximum atomic E-state index is 13.0. The summed E-state index contributed by atoms with van der Waals surface area (Å²) >= 11 is 0. The average Bonchev–Trinajstić information content (AvgIpc) is 2.76. The molecule has 1 aromatic carbocycles. The number of hydrogen-bond acceptors (Lipinski definition) is 3. The number of pyridine rings is 1. The summed E-state index contributed by atoms with van der Waals surface area (Å²) in [4.78, 5) is 30.2. The van der Waals surface area contributed by atoms with Crippen molar-refractivity contribution in [2.45, 2.75) is 70.8 Å². The number of nitrogens with one attached hydrogen (secondary N) is 2. The van der Waals surface area contributed by atoms with E-state index in [4.69, 9.17) is 0 Å². The Hall–Kier alpha value is -2.69. The molecule has 4 fully saturated rings. The number of aryl methyl sites for hydroxylation is 1. The van der Waals surface area contributed by atoms with Crippen LogP contribution in [0.1, 0.15) is 74.0 Å². The first-order valence-electron chi connectivity index (χ1n) is 12.5. The van der Waals surface area contributed by atoms with Crippen molar-refractivity contribution in [3.05, 3.63) is 59.3 Å². The predicted octanol–water partition coefficient (Wildman–Crippen LogP) is 5.25. The normalized spacial score (nSPS) is 28.5. The molecule has 2 amide bonds. The van der Waals surface area contributed by atoms with Gasteiger partial charge in [0.2, 0.25) is 5.91 Å². The molecule has 4 aliphatic carbocycles. The van der Waals surface area contributed by atoms with Gasteiger partial charge in [-0.3, -0.25) is 9.59 Å². The standard InChI is InChI=1S/C28H35N3O2/c1-17(2)25(27(33)30-24-6-4-5-18(3)29-24)31-26(32)22-7-9-23(10-8-22)28-14-19-11-20(15-28)13-21(12-19)16-28/h4-10,17,19-21,25H,11-16H2,1-3H3,(H,31,32)(H,29,30,33)/t19?,20?,21?,25-,28?/m0/s1. The zero-order valence-electron chi connectivity index (χ0n) is 19.9. The monoisotopic (exact) mass is 445 g/mol. The molecule has 0 radical (unpaired) electrons. The Bertz CT molecular complexity index is 1010. The van der Waals surface area contributed by atoms with Gasteiger partial charge in [-0.1, -0.05) is 32.0 Å². The maximum Gasteiger partial charge on any atom is 0.251 e. The van der Waals surface area contributed by atoms with E-state index in [2.05, 4.69) is 27.8 Å². The second-order valence-corrected chi connectivity index (χ2v) is 11.1. The van der Waals surface area contributed by atoms with Gasteiger partial charge in [0.1, 0.15) is 11.9 Å². The van der Waals surface area contributed by atoms with Crippen molar-refractivity contribution < 1.29 is 9.59 Å². The molecule has 4 saturated carbocycles. The van der Waals surface area contributed by atoms with E-state index < -0.39 is 6.04 Å². The van der Waals surface area contributed by atoms with Crippen molar-refractivity contribution in [1.82, 2.24) is 10.3 Å². The van der Waals surface area contributed by atoms with Gasteiger partial charge in [0.25, 0.3) is 5.91 Å². The SMILES string of the molecule is Cc1cccc(NC(=O)[C@@H](NC(=O)c2ccc(C34CC5CC(CC(C5)C3)C4)cc2)C(C)C)n1. The topological polar surface area (TPSA) is 71.1 Å². The third kappa shape index (κ3) is 4.42. The number of carbonyl (C=O) groups is 2. The summed E-state index contributed by atoms with van der Waals surface area (Å²) in [6.45, 7) is 5.75. The minimum atomic E-state index is -0.636. The summed E-state index contributed by atoms with van der Waals surface area (Å²) in [5.74, 6) is 2.68. The van der Waals surface area contributed by atoms with Crippen LogP contribution in [-0.4, -0.2) is 22.8 Å². The van der Waals surface area contributed by atoms with Gasteiger partial charge in [-0.05, 0) is 104 Å². The van der Waals surface area contributed by atoms with Crippen molar-refractivity contribution in [3.63, 3.8) is 0 Å². The highest BCUT2D eigenvalue weighted by molar-refractivity contribution is 6.01. The Balaban J connectivity index is 1.27. The third-order valence-corrected chi connectivity index (χ3v) is 8.17. The molecule has 0 unspecified atom stereocenters. The summed E-state index contributed by atoms with van der Waals surface area (Å²) in [7, 11) is 0. The Morgan fingerprint density at radius 1 is 0.939 bits per heavy atom. The van der Waals surface area contributed by atoms with E-state index in [1.807, 2.05) is 45.0 Å². The van der Waals surface area contributed by atoms with Gasteiger partial charge in [-0.15, -0.1) is 0 Å². The van der Waals surface area contributed by atoms with Crippen molar-refractivity contribution in [1.29, 1.82) is 0 Å². The fourth-order valence-corrected chi connectivity index (χ4v) is 7.02. The molecule has 5 nitrogen and oxygen atoms in total. The molecule has 6 rings (SSSR count). The summed E-state index contributed by atoms with van der Waals surface area (Å²) in [5.41, 5.74) is 3.17. The molecule has 174 valence electrons. The molecule has 1 aromatic heterocycles. The smallest absolute Gasteiger partial charge is 0.251 e. The molecule has 0 saturated heterocycles. The van der Waals surface area contributed by atoms with E-state index in [9.17, 15) is 9.59 Å². The van der Waals surface area contributed by atoms with Gasteiger partial charge < -0.3 is 10.6 Å². The molecule has 5 heteroatoms. The second kappa shape index (κ2) is 8.58. The Labute approximate surface area is 196 Å². The third-order valence-electron chi connectivity index (χ3n) is 8.17. The lowest BCUT2D eigenvalue weighted by Gasteiger charge is -2.57. The van der Waals surface area contributed by atoms with Crippen LogP contribution in [0, 0.1) is 30.6 Å². The van der Waals surface area contributed by atoms with Crippen molar-refractivity contribution >= 4 is 17.6 Å². The molecule has 1 atom stereocenters. The lowest BCUT2D eigenvalue weighted by atomic mass is 9.48. The van der Waals surface area contributed by atoms with E-state index >= 15 is 0 Å². The van der Waals surface area contributed by atoms with Crippen LogP contribution in [0.5, 0.6) is 0 Å². The van der Waals surface area contributed by atoms with E-state index in [0.29, 0.717) is 16.8 Å². The maximum absolute atomic E-state index is 13.0. The number of hydrogen-bond donors (Lipinski definition) is 2. The molecule has 0 aliphatic heterocycles. The first-order chi connectivity index (χ1) is 15.8. The molecular formula is C28H35N3O2. The van der Waals surface area contributed by atoms with Crippen LogP contribution < -0.4 is 10.6 Å². The average molecular weight is 446 g/mol.